The summed E-state index contributed by atoms with van der Waals surface area (Å²) < 4.78 is 2.04. The lowest BCUT2D eigenvalue weighted by atomic mass is 10.1. The molecule has 5 nitrogen and oxygen atoms in total. The van der Waals surface area contributed by atoms with Gasteiger partial charge in [0.25, 0.3) is 0 Å². The van der Waals surface area contributed by atoms with E-state index in [0.29, 0.717) is 12.5 Å². The first-order valence-electron chi connectivity index (χ1n) is 7.45. The van der Waals surface area contributed by atoms with Crippen LogP contribution < -0.4 is 11.1 Å². The largest absolute Gasteiger partial charge is 0.370 e. The molecule has 0 atom stereocenters. The quantitative estimate of drug-likeness (QED) is 0.368. The van der Waals surface area contributed by atoms with Crippen LogP contribution in [0, 0.1) is 0 Å². The average molecular weight is 433 g/mol. The van der Waals surface area contributed by atoms with Gasteiger partial charge in [0.05, 0.1) is 12.9 Å². The Kier molecular flexibility index (Phi) is 6.80. The monoisotopic (exact) mass is 433 g/mol. The molecule has 0 aliphatic rings. The molecule has 0 unspecified atom stereocenters. The standard InChI is InChI=1S/C18H19N5.HI/c19-18(22-17-7-2-1-3-8-17)21-12-15-5-4-6-16(11-15)13-23-10-9-20-14-23;/h1-11,14H,12-13H2,(H3,19,21,22);1H. The average Bonchev–Trinajstić information content (AvgIpc) is 3.07. The van der Waals surface area contributed by atoms with Crippen LogP contribution in [0.5, 0.6) is 0 Å². The van der Waals surface area contributed by atoms with Gasteiger partial charge in [-0.05, 0) is 23.3 Å². The van der Waals surface area contributed by atoms with Crippen LogP contribution >= 0.6 is 24.0 Å². The second kappa shape index (κ2) is 9.07. The van der Waals surface area contributed by atoms with Gasteiger partial charge in [-0.3, -0.25) is 0 Å². The van der Waals surface area contributed by atoms with Gasteiger partial charge in [-0.2, -0.15) is 0 Å². The van der Waals surface area contributed by atoms with Crippen molar-refractivity contribution in [2.45, 2.75) is 13.1 Å². The summed E-state index contributed by atoms with van der Waals surface area (Å²) in [7, 11) is 0. The van der Waals surface area contributed by atoms with Gasteiger partial charge >= 0.3 is 0 Å². The van der Waals surface area contributed by atoms with Gasteiger partial charge in [-0.1, -0.05) is 42.5 Å². The van der Waals surface area contributed by atoms with Crippen LogP contribution in [0.25, 0.3) is 0 Å². The smallest absolute Gasteiger partial charge is 0.193 e. The highest BCUT2D eigenvalue weighted by atomic mass is 127. The molecule has 0 radical (unpaired) electrons. The van der Waals surface area contributed by atoms with Crippen molar-refractivity contribution < 1.29 is 0 Å². The first kappa shape index (κ1) is 18.0. The fraction of sp³-hybridized carbons (Fsp3) is 0.111. The second-order valence-corrected chi connectivity index (χ2v) is 5.25. The summed E-state index contributed by atoms with van der Waals surface area (Å²) in [5.41, 5.74) is 9.20. The molecule has 0 saturated carbocycles. The van der Waals surface area contributed by atoms with E-state index in [4.69, 9.17) is 5.73 Å². The van der Waals surface area contributed by atoms with Gasteiger partial charge in [-0.15, -0.1) is 24.0 Å². The lowest BCUT2D eigenvalue weighted by molar-refractivity contribution is 0.795. The van der Waals surface area contributed by atoms with Crippen molar-refractivity contribution >= 4 is 35.6 Å². The van der Waals surface area contributed by atoms with Crippen molar-refractivity contribution in [1.29, 1.82) is 0 Å². The van der Waals surface area contributed by atoms with Crippen LogP contribution in [-0.2, 0) is 13.1 Å². The fourth-order valence-electron chi connectivity index (χ4n) is 2.30. The third-order valence-electron chi connectivity index (χ3n) is 3.39. The van der Waals surface area contributed by atoms with E-state index < -0.39 is 0 Å². The van der Waals surface area contributed by atoms with Crippen LogP contribution in [0.3, 0.4) is 0 Å². The van der Waals surface area contributed by atoms with Gasteiger partial charge in [0.2, 0.25) is 0 Å². The highest BCUT2D eigenvalue weighted by molar-refractivity contribution is 14.0. The molecule has 1 heterocycles. The number of hydrogen-bond donors (Lipinski definition) is 2. The first-order chi connectivity index (χ1) is 11.3. The normalized spacial score (nSPS) is 10.9. The molecule has 124 valence electrons. The van der Waals surface area contributed by atoms with E-state index in [1.807, 2.05) is 53.5 Å². The summed E-state index contributed by atoms with van der Waals surface area (Å²) in [5.74, 6) is 0.413. The number of nitrogens with two attached hydrogens (primary N) is 1. The zero-order valence-electron chi connectivity index (χ0n) is 13.2. The van der Waals surface area contributed by atoms with E-state index in [1.165, 1.54) is 5.56 Å². The Bertz CT molecular complexity index is 769. The lowest BCUT2D eigenvalue weighted by Crippen LogP contribution is -2.22. The summed E-state index contributed by atoms with van der Waals surface area (Å²) in [5, 5.41) is 3.08. The second-order valence-electron chi connectivity index (χ2n) is 5.25. The Hall–Kier alpha value is -2.35. The van der Waals surface area contributed by atoms with E-state index in [1.54, 1.807) is 6.20 Å². The van der Waals surface area contributed by atoms with Crippen LogP contribution in [0.2, 0.25) is 0 Å². The molecule has 0 fully saturated rings. The number of imidazole rings is 1. The minimum absolute atomic E-state index is 0. The third-order valence-corrected chi connectivity index (χ3v) is 3.39. The molecule has 24 heavy (non-hydrogen) atoms. The van der Waals surface area contributed by atoms with Crippen LogP contribution in [0.15, 0.2) is 78.3 Å². The van der Waals surface area contributed by atoms with Crippen molar-refractivity contribution in [3.05, 3.63) is 84.4 Å². The van der Waals surface area contributed by atoms with Gasteiger partial charge in [0.1, 0.15) is 0 Å². The molecule has 3 N–H and O–H groups in total. The van der Waals surface area contributed by atoms with E-state index in [2.05, 4.69) is 33.5 Å². The zero-order chi connectivity index (χ0) is 15.9. The van der Waals surface area contributed by atoms with Crippen molar-refractivity contribution in [2.75, 3.05) is 5.32 Å². The van der Waals surface area contributed by atoms with Gasteiger partial charge in [0, 0.05) is 24.6 Å². The topological polar surface area (TPSA) is 68.2 Å². The maximum Gasteiger partial charge on any atom is 0.193 e. The lowest BCUT2D eigenvalue weighted by Gasteiger charge is -2.07. The fourth-order valence-corrected chi connectivity index (χ4v) is 2.30. The maximum atomic E-state index is 5.93. The number of para-hydroxylation sites is 1. The molecule has 0 bridgehead atoms. The zero-order valence-corrected chi connectivity index (χ0v) is 15.5. The highest BCUT2D eigenvalue weighted by Gasteiger charge is 1.98. The number of anilines is 1. The molecule has 0 spiro atoms. The molecule has 2 aromatic carbocycles. The molecule has 0 aliphatic carbocycles. The molecular formula is C18H20IN5. The summed E-state index contributed by atoms with van der Waals surface area (Å²) in [6, 6.07) is 18.1. The molecule has 0 aliphatic heterocycles. The minimum Gasteiger partial charge on any atom is -0.370 e. The number of benzene rings is 2. The Morgan fingerprint density at radius 3 is 2.62 bits per heavy atom. The third kappa shape index (κ3) is 5.38. The number of aromatic nitrogens is 2. The van der Waals surface area contributed by atoms with Crippen molar-refractivity contribution in [3.8, 4) is 0 Å². The Labute approximate surface area is 158 Å². The number of rotatable bonds is 5. The minimum atomic E-state index is 0. The number of aliphatic imine (C=N–C) groups is 1. The Balaban J connectivity index is 0.00000208. The summed E-state index contributed by atoms with van der Waals surface area (Å²) in [4.78, 5) is 8.45. The van der Waals surface area contributed by atoms with Crippen molar-refractivity contribution in [2.24, 2.45) is 10.7 Å². The molecule has 3 aromatic rings. The maximum absolute atomic E-state index is 5.93. The van der Waals surface area contributed by atoms with E-state index in [0.717, 1.165) is 17.8 Å². The predicted octanol–water partition coefficient (Wildman–Crippen LogP) is 3.48. The molecule has 1 aromatic heterocycles. The SMILES string of the molecule is I.NC(=NCc1cccc(Cn2ccnc2)c1)Nc1ccccc1. The van der Waals surface area contributed by atoms with Crippen molar-refractivity contribution in [3.63, 3.8) is 0 Å². The van der Waals surface area contributed by atoms with Crippen LogP contribution in [-0.4, -0.2) is 15.5 Å². The molecule has 0 saturated heterocycles. The first-order valence-corrected chi connectivity index (χ1v) is 7.45. The number of nitrogens with one attached hydrogen (secondary N) is 1. The summed E-state index contributed by atoms with van der Waals surface area (Å²) >= 11 is 0. The molecule has 3 rings (SSSR count). The van der Waals surface area contributed by atoms with Crippen LogP contribution in [0.1, 0.15) is 11.1 Å². The van der Waals surface area contributed by atoms with Gasteiger partial charge in [0.15, 0.2) is 5.96 Å². The van der Waals surface area contributed by atoms with Gasteiger partial charge < -0.3 is 15.6 Å². The number of guanidine groups is 1. The number of nitrogens with zero attached hydrogens (tertiary/aromatic N) is 3. The van der Waals surface area contributed by atoms with Crippen LogP contribution in [0.4, 0.5) is 5.69 Å². The summed E-state index contributed by atoms with van der Waals surface area (Å²) in [6.45, 7) is 1.35. The van der Waals surface area contributed by atoms with E-state index >= 15 is 0 Å². The van der Waals surface area contributed by atoms with E-state index in [9.17, 15) is 0 Å². The molecular weight excluding hydrogens is 413 g/mol. The van der Waals surface area contributed by atoms with Gasteiger partial charge in [-0.25, -0.2) is 9.98 Å². The number of halogens is 1. The Morgan fingerprint density at radius 1 is 1.08 bits per heavy atom. The van der Waals surface area contributed by atoms with E-state index in [-0.39, 0.29) is 24.0 Å². The predicted molar refractivity (Wildman–Crippen MR) is 109 cm³/mol. The van der Waals surface area contributed by atoms with Crippen molar-refractivity contribution in [1.82, 2.24) is 9.55 Å². The Morgan fingerprint density at radius 2 is 1.88 bits per heavy atom. The molecule has 6 heteroatoms. The number of hydrogen-bond acceptors (Lipinski definition) is 2. The molecule has 0 amide bonds. The highest BCUT2D eigenvalue weighted by Crippen LogP contribution is 2.09. The summed E-state index contributed by atoms with van der Waals surface area (Å²) in [6.07, 6.45) is 5.54.